The van der Waals surface area contributed by atoms with Crippen molar-refractivity contribution in [2.45, 2.75) is 39.9 Å². The molecule has 0 saturated carbocycles. The molecule has 0 aliphatic carbocycles. The van der Waals surface area contributed by atoms with E-state index in [1.807, 2.05) is 48.3 Å². The predicted molar refractivity (Wildman–Crippen MR) is 149 cm³/mol. The van der Waals surface area contributed by atoms with E-state index in [1.165, 1.54) is 17.5 Å². The van der Waals surface area contributed by atoms with E-state index >= 15 is 0 Å². The molecule has 2 amide bonds. The Labute approximate surface area is 224 Å². The van der Waals surface area contributed by atoms with Crippen LogP contribution in [0.15, 0.2) is 61.1 Å². The van der Waals surface area contributed by atoms with Crippen molar-refractivity contribution >= 4 is 17.5 Å². The molecule has 9 nitrogen and oxygen atoms in total. The Kier molecular flexibility index (Phi) is 9.04. The van der Waals surface area contributed by atoms with E-state index in [4.69, 9.17) is 0 Å². The number of anilines is 1. The highest BCUT2D eigenvalue weighted by atomic mass is 16.2. The van der Waals surface area contributed by atoms with Crippen molar-refractivity contribution in [1.82, 2.24) is 30.2 Å². The van der Waals surface area contributed by atoms with Gasteiger partial charge in [-0.15, -0.1) is 0 Å². The van der Waals surface area contributed by atoms with Gasteiger partial charge in [0.25, 0.3) is 5.91 Å². The first kappa shape index (κ1) is 27.2. The number of nitrogens with one attached hydrogen (secondary N) is 2. The molecule has 2 N–H and O–H groups in total. The number of hydrogen-bond donors (Lipinski definition) is 2. The zero-order valence-electron chi connectivity index (χ0n) is 22.6. The minimum atomic E-state index is -0.131. The molecule has 0 spiro atoms. The van der Waals surface area contributed by atoms with E-state index in [0.29, 0.717) is 32.2 Å². The molecule has 9 heteroatoms. The van der Waals surface area contributed by atoms with Crippen molar-refractivity contribution in [3.05, 3.63) is 77.7 Å². The molecule has 200 valence electrons. The van der Waals surface area contributed by atoms with Crippen LogP contribution in [0.5, 0.6) is 0 Å². The molecule has 3 aromatic rings. The molecular weight excluding hydrogens is 478 g/mol. The first-order chi connectivity index (χ1) is 18.3. The van der Waals surface area contributed by atoms with Gasteiger partial charge in [-0.1, -0.05) is 50.2 Å². The average molecular weight is 516 g/mol. The van der Waals surface area contributed by atoms with E-state index in [2.05, 4.69) is 46.6 Å². The summed E-state index contributed by atoms with van der Waals surface area (Å²) < 4.78 is 0. The van der Waals surface area contributed by atoms with Gasteiger partial charge in [0.2, 0.25) is 5.91 Å². The maximum atomic E-state index is 13.3. The monoisotopic (exact) mass is 515 g/mol. The van der Waals surface area contributed by atoms with Crippen molar-refractivity contribution in [3.8, 4) is 11.3 Å². The quantitative estimate of drug-likeness (QED) is 0.405. The van der Waals surface area contributed by atoms with Crippen molar-refractivity contribution < 1.29 is 9.59 Å². The molecular formula is C29H37N7O2. The summed E-state index contributed by atoms with van der Waals surface area (Å²) in [6.45, 7) is 8.64. The number of hydrazine groups is 1. The highest BCUT2D eigenvalue weighted by Crippen LogP contribution is 2.24. The van der Waals surface area contributed by atoms with Gasteiger partial charge >= 0.3 is 0 Å². The van der Waals surface area contributed by atoms with Crippen molar-refractivity contribution in [2.24, 2.45) is 0 Å². The van der Waals surface area contributed by atoms with Crippen LogP contribution < -0.4 is 10.6 Å². The molecule has 2 heterocycles. The lowest BCUT2D eigenvalue weighted by Crippen LogP contribution is -2.49. The lowest BCUT2D eigenvalue weighted by Gasteiger charge is -2.31. The second kappa shape index (κ2) is 12.6. The predicted octanol–water partition coefficient (Wildman–Crippen LogP) is 3.08. The third-order valence-electron chi connectivity index (χ3n) is 6.77. The summed E-state index contributed by atoms with van der Waals surface area (Å²) in [7, 11) is 1.78. The lowest BCUT2D eigenvalue weighted by molar-refractivity contribution is -0.151. The van der Waals surface area contributed by atoms with Crippen LogP contribution in [0.25, 0.3) is 11.3 Å². The summed E-state index contributed by atoms with van der Waals surface area (Å²) in [5.41, 5.74) is 6.08. The second-order valence-electron chi connectivity index (χ2n) is 9.91. The second-order valence-corrected chi connectivity index (χ2v) is 9.91. The molecule has 1 aromatic heterocycles. The van der Waals surface area contributed by atoms with Crippen molar-refractivity contribution in [2.75, 3.05) is 38.5 Å². The Bertz CT molecular complexity index is 1220. The van der Waals surface area contributed by atoms with Crippen LogP contribution >= 0.6 is 0 Å². The summed E-state index contributed by atoms with van der Waals surface area (Å²) in [5.74, 6) is -0.244. The number of carbonyl (C=O) groups is 2. The zero-order chi connectivity index (χ0) is 27.1. The first-order valence-electron chi connectivity index (χ1n) is 13.0. The van der Waals surface area contributed by atoms with Crippen LogP contribution in [-0.2, 0) is 22.7 Å². The number of fused-ring (bicyclic) bond motifs is 1. The Morgan fingerprint density at radius 3 is 2.45 bits per heavy atom. The van der Waals surface area contributed by atoms with Crippen molar-refractivity contribution in [3.63, 3.8) is 0 Å². The Balaban J connectivity index is 1.40. The number of aromatic nitrogens is 2. The highest BCUT2D eigenvalue weighted by Gasteiger charge is 2.27. The van der Waals surface area contributed by atoms with Gasteiger partial charge in [0.1, 0.15) is 12.9 Å². The van der Waals surface area contributed by atoms with Gasteiger partial charge in [-0.05, 0) is 35.7 Å². The summed E-state index contributed by atoms with van der Waals surface area (Å²) in [6.07, 6.45) is 3.22. The molecule has 0 atom stereocenters. The molecule has 0 saturated heterocycles. The minimum Gasteiger partial charge on any atom is -0.376 e. The molecule has 4 rings (SSSR count). The molecule has 38 heavy (non-hydrogen) atoms. The molecule has 1 aliphatic heterocycles. The number of rotatable bonds is 11. The maximum Gasteiger partial charge on any atom is 0.256 e. The molecule has 0 fully saturated rings. The highest BCUT2D eigenvalue weighted by molar-refractivity contribution is 5.87. The standard InChI is InChI=1S/C29H37N7O2/c1-21(2)31-13-14-35(19-29(38)34(4)36-17-24-7-5-6-8-25(24)18-36)28(37)16-32-27-15-23(10-9-22(27)3)26-11-12-30-20-33-26/h5-12,15,20-21,31-32H,13-14,16-19H2,1-4H3. The summed E-state index contributed by atoms with van der Waals surface area (Å²) in [5, 5.41) is 10.3. The number of nitrogens with zero attached hydrogens (tertiary/aromatic N) is 5. The van der Waals surface area contributed by atoms with Gasteiger partial charge in [0.15, 0.2) is 0 Å². The summed E-state index contributed by atoms with van der Waals surface area (Å²) >= 11 is 0. The normalized spacial score (nSPS) is 12.9. The van der Waals surface area contributed by atoms with E-state index in [1.54, 1.807) is 23.2 Å². The maximum absolute atomic E-state index is 13.3. The van der Waals surface area contributed by atoms with Gasteiger partial charge in [-0.3, -0.25) is 14.6 Å². The van der Waals surface area contributed by atoms with Crippen LogP contribution in [0, 0.1) is 6.92 Å². The van der Waals surface area contributed by atoms with Gasteiger partial charge < -0.3 is 15.5 Å². The fourth-order valence-electron chi connectivity index (χ4n) is 4.45. The Morgan fingerprint density at radius 2 is 1.79 bits per heavy atom. The van der Waals surface area contributed by atoms with Crippen LogP contribution in [0.2, 0.25) is 0 Å². The summed E-state index contributed by atoms with van der Waals surface area (Å²) in [4.78, 5) is 36.5. The molecule has 2 aromatic carbocycles. The number of aryl methyl sites for hydroxylation is 1. The molecule has 0 bridgehead atoms. The number of hydrogen-bond acceptors (Lipinski definition) is 7. The van der Waals surface area contributed by atoms with E-state index in [0.717, 1.165) is 22.5 Å². The largest absolute Gasteiger partial charge is 0.376 e. The van der Waals surface area contributed by atoms with Crippen LogP contribution in [0.1, 0.15) is 30.5 Å². The van der Waals surface area contributed by atoms with E-state index in [-0.39, 0.29) is 24.9 Å². The van der Waals surface area contributed by atoms with Crippen LogP contribution in [-0.4, -0.2) is 76.0 Å². The van der Waals surface area contributed by atoms with Gasteiger partial charge in [0, 0.05) is 56.7 Å². The SMILES string of the molecule is Cc1ccc(-c2ccncn2)cc1NCC(=O)N(CCNC(C)C)CC(=O)N(C)N1Cc2ccccc2C1. The van der Waals surface area contributed by atoms with Gasteiger partial charge in [-0.2, -0.15) is 0 Å². The van der Waals surface area contributed by atoms with E-state index in [9.17, 15) is 9.59 Å². The van der Waals surface area contributed by atoms with Gasteiger partial charge in [-0.25, -0.2) is 15.0 Å². The number of amides is 2. The third kappa shape index (κ3) is 6.93. The Morgan fingerprint density at radius 1 is 1.05 bits per heavy atom. The summed E-state index contributed by atoms with van der Waals surface area (Å²) in [6, 6.07) is 16.3. The Hall–Kier alpha value is -3.82. The third-order valence-corrected chi connectivity index (χ3v) is 6.77. The smallest absolute Gasteiger partial charge is 0.256 e. The average Bonchev–Trinajstić information content (AvgIpc) is 3.36. The molecule has 0 unspecified atom stereocenters. The zero-order valence-corrected chi connectivity index (χ0v) is 22.6. The fraction of sp³-hybridized carbons (Fsp3) is 0.379. The van der Waals surface area contributed by atoms with Crippen LogP contribution in [0.4, 0.5) is 5.69 Å². The molecule has 0 radical (unpaired) electrons. The molecule has 1 aliphatic rings. The number of likely N-dealkylation sites (N-methyl/N-ethyl adjacent to an activating group) is 1. The first-order valence-corrected chi connectivity index (χ1v) is 13.0. The number of carbonyl (C=O) groups excluding carboxylic acids is 2. The van der Waals surface area contributed by atoms with E-state index < -0.39 is 0 Å². The topological polar surface area (TPSA) is 93.7 Å². The minimum absolute atomic E-state index is 0.0175. The number of benzene rings is 2. The van der Waals surface area contributed by atoms with Crippen molar-refractivity contribution in [1.29, 1.82) is 0 Å². The lowest BCUT2D eigenvalue weighted by atomic mass is 10.1. The fourth-order valence-corrected chi connectivity index (χ4v) is 4.45. The van der Waals surface area contributed by atoms with Gasteiger partial charge in [0.05, 0.1) is 12.2 Å². The van der Waals surface area contributed by atoms with Crippen LogP contribution in [0.3, 0.4) is 0 Å².